The molecule has 0 aromatic heterocycles. The van der Waals surface area contributed by atoms with Crippen molar-refractivity contribution in [1.82, 2.24) is 0 Å². The predicted octanol–water partition coefficient (Wildman–Crippen LogP) is -5.20. The second-order valence-electron chi connectivity index (χ2n) is 0. The van der Waals surface area contributed by atoms with Crippen molar-refractivity contribution < 1.29 is 156 Å². The van der Waals surface area contributed by atoms with E-state index in [2.05, 4.69) is 0 Å². The average molecular weight is 410 g/mol. The Morgan fingerprint density at radius 2 is 0.412 bits per heavy atom. The molecule has 0 saturated heterocycles. The second-order valence-corrected chi connectivity index (χ2v) is 0. The van der Waals surface area contributed by atoms with Gasteiger partial charge in [0.25, 0.3) is 0 Å². The number of nitrogens with zero attached hydrogens (tertiary/aromatic N) is 6. The van der Waals surface area contributed by atoms with Crippen LogP contribution in [0, 0.1) is 71.0 Å². The van der Waals surface area contributed by atoms with Crippen LogP contribution in [0.1, 0.15) is 2.85 Å². The van der Waals surface area contributed by atoms with Crippen LogP contribution in [0.5, 0.6) is 0 Å². The number of hydrogen-bond acceptors (Lipinski definition) is 6. The smallest absolute Gasteiger partial charge is 1.00 e. The van der Waals surface area contributed by atoms with E-state index in [4.69, 9.17) is 71.0 Å². The molecule has 17 heavy (non-hydrogen) atoms. The van der Waals surface area contributed by atoms with Crippen molar-refractivity contribution in [3.63, 3.8) is 0 Å². The molecule has 6 nitrogen and oxygen atoms in total. The van der Waals surface area contributed by atoms with Crippen molar-refractivity contribution in [2.75, 3.05) is 0 Å². The van der Waals surface area contributed by atoms with E-state index in [0.29, 0.717) is 0 Å². The first-order chi connectivity index (χ1) is 6.00. The topological polar surface area (TPSA) is 143 Å². The predicted molar refractivity (Wildman–Crippen MR) is 32.0 cm³/mol. The summed E-state index contributed by atoms with van der Waals surface area (Å²) in [6.45, 7) is 28.5. The molecule has 0 saturated carbocycles. The van der Waals surface area contributed by atoms with Crippen LogP contribution in [0.3, 0.4) is 0 Å². The van der Waals surface area contributed by atoms with Gasteiger partial charge < -0.3 is 73.9 Å². The minimum atomic E-state index is 0. The Labute approximate surface area is 222 Å². The fourth-order valence-corrected chi connectivity index (χ4v) is 0. The first-order valence-corrected chi connectivity index (χ1v) is 1.34. The van der Waals surface area contributed by atoms with Crippen molar-refractivity contribution >= 4 is 0 Å². The molecule has 0 aromatic rings. The monoisotopic (exact) mass is 410 g/mol. The van der Waals surface area contributed by atoms with Crippen molar-refractivity contribution in [1.29, 1.82) is 31.6 Å². The summed E-state index contributed by atoms with van der Waals surface area (Å²) in [6, 6.07) is 0. The van der Waals surface area contributed by atoms with Crippen LogP contribution in [0.25, 0.3) is 0 Å². The van der Waals surface area contributed by atoms with Gasteiger partial charge in [0.15, 0.2) is 0 Å². The molecule has 0 N–H and O–H groups in total. The van der Waals surface area contributed by atoms with Crippen molar-refractivity contribution in [3.8, 4) is 0 Å². The molecule has 0 fully saturated rings. The Balaban J connectivity index is -0.00000000193. The van der Waals surface area contributed by atoms with Crippen LogP contribution < -0.4 is 103 Å². The van der Waals surface area contributed by atoms with Gasteiger partial charge in [0, 0.05) is 0 Å². The molecule has 0 amide bonds. The summed E-state index contributed by atoms with van der Waals surface area (Å²) < 4.78 is 0. The van der Waals surface area contributed by atoms with E-state index in [1.54, 1.807) is 0 Å². The molecular weight excluding hydrogens is 408 g/mol. The number of hydrogen-bond donors (Lipinski definition) is 0. The van der Waals surface area contributed by atoms with Gasteiger partial charge >= 0.3 is 153 Å². The average Bonchev–Trinajstić information content (AvgIpc) is 2.33. The van der Waals surface area contributed by atoms with Gasteiger partial charge in [0.1, 0.15) is 0 Å². The van der Waals surface area contributed by atoms with Crippen molar-refractivity contribution in [3.05, 3.63) is 39.4 Å². The number of rotatable bonds is 0. The first-order valence-electron chi connectivity index (χ1n) is 1.34. The van der Waals surface area contributed by atoms with Crippen LogP contribution >= 0.6 is 0 Å². The molecule has 0 aromatic carbocycles. The van der Waals surface area contributed by atoms with E-state index in [1.165, 1.54) is 0 Å². The maximum absolute atomic E-state index is 6.25. The molecule has 0 unspecified atom stereocenters. The molecule has 0 heterocycles. The van der Waals surface area contributed by atoms with Gasteiger partial charge in [0.05, 0.1) is 0 Å². The van der Waals surface area contributed by atoms with E-state index < -0.39 is 0 Å². The molecule has 11 heteroatoms. The van der Waals surface area contributed by atoms with E-state index in [1.807, 2.05) is 0 Å². The fourth-order valence-electron chi connectivity index (χ4n) is 0. The van der Waals surface area contributed by atoms with Gasteiger partial charge in [-0.15, -0.1) is 0 Å². The normalized spacial score (nSPS) is 0.706. The summed E-state index contributed by atoms with van der Waals surface area (Å²) in [6.07, 6.45) is 0. The zero-order valence-corrected chi connectivity index (χ0v) is 18.1. The Morgan fingerprint density at radius 1 is 0.412 bits per heavy atom. The summed E-state index contributed by atoms with van der Waals surface area (Å²) >= 11 is 0. The molecule has 0 rings (SSSR count). The van der Waals surface area contributed by atoms with Gasteiger partial charge in [-0.1, -0.05) is 0 Å². The van der Waals surface area contributed by atoms with Crippen LogP contribution in [0.2, 0.25) is 0 Å². The van der Waals surface area contributed by atoms with Crippen molar-refractivity contribution in [2.45, 2.75) is 0 Å². The maximum atomic E-state index is 6.25. The van der Waals surface area contributed by atoms with Gasteiger partial charge in [-0.05, 0) is 0 Å². The Hall–Kier alpha value is 1.75. The molecule has 0 spiro atoms. The van der Waals surface area contributed by atoms with Crippen LogP contribution in [-0.4, -0.2) is 0 Å². The molecule has 0 aliphatic heterocycles. The first kappa shape index (κ1) is 98.4. The van der Waals surface area contributed by atoms with E-state index in [9.17, 15) is 0 Å². The van der Waals surface area contributed by atoms with Crippen LogP contribution in [0.4, 0.5) is 0 Å². The zero-order valence-electron chi connectivity index (χ0n) is 10.7. The second kappa shape index (κ2) is 1630. The third-order valence-electron chi connectivity index (χ3n) is 0. The summed E-state index contributed by atoms with van der Waals surface area (Å²) in [5.41, 5.74) is 0. The minimum Gasteiger partial charge on any atom is -1.00 e. The van der Waals surface area contributed by atoms with Gasteiger partial charge in [0.2, 0.25) is 0 Å². The summed E-state index contributed by atoms with van der Waals surface area (Å²) in [4.78, 5) is 0. The molecular formula is C6H2Co2FeK2N6. The molecule has 0 aliphatic rings. The largest absolute Gasteiger partial charge is 2.00 e. The van der Waals surface area contributed by atoms with E-state index >= 15 is 0 Å². The molecule has 0 atom stereocenters. The third-order valence-corrected chi connectivity index (χ3v) is 0. The fraction of sp³-hybridized carbons (Fsp3) is 0. The molecule has 0 aliphatic carbocycles. The van der Waals surface area contributed by atoms with Crippen LogP contribution in [0.15, 0.2) is 0 Å². The quantitative estimate of drug-likeness (QED) is 0.289. The standard InChI is InChI=1S/6CN.2Co.Fe.2K.2H/c6*1-2;;;;;;;/q6*-1;3*+2;2*+1;2*-1. The molecule has 84 valence electrons. The van der Waals surface area contributed by atoms with E-state index in [-0.39, 0.29) is 156 Å². The molecule has 0 bridgehead atoms. The Kier molecular flexibility index (Phi) is 9460. The zero-order chi connectivity index (χ0) is 12.0. The summed E-state index contributed by atoms with van der Waals surface area (Å²) in [7, 11) is 0. The molecule has 2 radical (unpaired) electrons. The maximum Gasteiger partial charge on any atom is 2.00 e. The third kappa shape index (κ3) is 1440. The van der Waals surface area contributed by atoms with Crippen molar-refractivity contribution in [2.24, 2.45) is 0 Å². The summed E-state index contributed by atoms with van der Waals surface area (Å²) in [5, 5.41) is 37.5. The van der Waals surface area contributed by atoms with Gasteiger partial charge in [-0.2, -0.15) is 0 Å². The van der Waals surface area contributed by atoms with Crippen LogP contribution in [-0.2, 0) is 50.6 Å². The SMILES string of the molecule is [C-]#N.[C-]#N.[C-]#N.[C-]#N.[C-]#N.[C-]#N.[Co+2].[Co+2].[Fe+2].[H-].[H-].[K+].[K+]. The van der Waals surface area contributed by atoms with Gasteiger partial charge in [-0.25, -0.2) is 0 Å². The Morgan fingerprint density at radius 3 is 0.412 bits per heavy atom. The van der Waals surface area contributed by atoms with E-state index in [0.717, 1.165) is 0 Å². The van der Waals surface area contributed by atoms with Gasteiger partial charge in [-0.3, -0.25) is 0 Å². The minimum absolute atomic E-state index is 0. The Bertz CT molecular complexity index is 119. The summed E-state index contributed by atoms with van der Waals surface area (Å²) in [5.74, 6) is 0.